The standard InChI is InChI=1S/C22H23N3O5S2/c1-14-10-18(15(2)25(14)22-23-8-9-31-22)20(26)13-30-21(27)19-11-16-6-4-5-7-17(16)12-24(19)32(3,28)29/h4-10,19H,11-13H2,1-3H3/t19-/m1/s1. The molecule has 1 atom stereocenters. The van der Waals surface area contributed by atoms with Gasteiger partial charge in [-0.25, -0.2) is 13.4 Å². The number of Topliss-reactive ketones (excluding diaryl/α,β-unsaturated/α-hetero) is 1. The van der Waals surface area contributed by atoms with Gasteiger partial charge in [0.05, 0.1) is 6.26 Å². The van der Waals surface area contributed by atoms with Crippen molar-refractivity contribution in [1.82, 2.24) is 13.9 Å². The van der Waals surface area contributed by atoms with Crippen LogP contribution in [0.4, 0.5) is 0 Å². The van der Waals surface area contributed by atoms with Gasteiger partial charge in [-0.1, -0.05) is 24.3 Å². The van der Waals surface area contributed by atoms with E-state index in [1.807, 2.05) is 48.1 Å². The molecule has 2 aromatic heterocycles. The minimum Gasteiger partial charge on any atom is -0.456 e. The molecule has 0 unspecified atom stereocenters. The smallest absolute Gasteiger partial charge is 0.325 e. The zero-order valence-corrected chi connectivity index (χ0v) is 19.6. The molecule has 32 heavy (non-hydrogen) atoms. The molecule has 0 N–H and O–H groups in total. The number of thiazole rings is 1. The molecule has 1 aromatic carbocycles. The number of carbonyl (C=O) groups excluding carboxylic acids is 2. The minimum atomic E-state index is -3.65. The molecule has 1 aliphatic heterocycles. The van der Waals surface area contributed by atoms with Gasteiger partial charge in [0.15, 0.2) is 11.7 Å². The molecular formula is C22H23N3O5S2. The lowest BCUT2D eigenvalue weighted by atomic mass is 9.96. The summed E-state index contributed by atoms with van der Waals surface area (Å²) in [6.07, 6.45) is 2.96. The van der Waals surface area contributed by atoms with Crippen molar-refractivity contribution < 1.29 is 22.7 Å². The van der Waals surface area contributed by atoms with Crippen LogP contribution in [0.3, 0.4) is 0 Å². The number of esters is 1. The van der Waals surface area contributed by atoms with E-state index < -0.39 is 28.6 Å². The van der Waals surface area contributed by atoms with Crippen LogP contribution in [-0.2, 0) is 32.5 Å². The average molecular weight is 474 g/mol. The number of benzene rings is 1. The van der Waals surface area contributed by atoms with Crippen LogP contribution in [0, 0.1) is 13.8 Å². The van der Waals surface area contributed by atoms with Crippen molar-refractivity contribution in [3.63, 3.8) is 0 Å². The summed E-state index contributed by atoms with van der Waals surface area (Å²) in [5.41, 5.74) is 3.75. The highest BCUT2D eigenvalue weighted by Gasteiger charge is 2.38. The summed E-state index contributed by atoms with van der Waals surface area (Å²) in [6, 6.07) is 8.13. The van der Waals surface area contributed by atoms with E-state index >= 15 is 0 Å². The van der Waals surface area contributed by atoms with E-state index in [2.05, 4.69) is 4.98 Å². The molecule has 4 rings (SSSR count). The highest BCUT2D eigenvalue weighted by atomic mass is 32.2. The van der Waals surface area contributed by atoms with Crippen LogP contribution in [0.25, 0.3) is 5.13 Å². The quantitative estimate of drug-likeness (QED) is 0.403. The van der Waals surface area contributed by atoms with Crippen molar-refractivity contribution in [2.24, 2.45) is 0 Å². The molecular weight excluding hydrogens is 450 g/mol. The first-order chi connectivity index (χ1) is 15.2. The monoisotopic (exact) mass is 473 g/mol. The Bertz CT molecular complexity index is 1280. The molecule has 0 amide bonds. The number of aromatic nitrogens is 2. The fourth-order valence-electron chi connectivity index (χ4n) is 4.02. The van der Waals surface area contributed by atoms with E-state index in [0.717, 1.165) is 32.5 Å². The summed E-state index contributed by atoms with van der Waals surface area (Å²) in [7, 11) is -3.65. The molecule has 0 saturated carbocycles. The lowest BCUT2D eigenvalue weighted by Crippen LogP contribution is -2.49. The first-order valence-electron chi connectivity index (χ1n) is 9.99. The van der Waals surface area contributed by atoms with E-state index in [0.29, 0.717) is 11.3 Å². The van der Waals surface area contributed by atoms with Gasteiger partial charge < -0.3 is 4.74 Å². The third-order valence-electron chi connectivity index (χ3n) is 5.59. The van der Waals surface area contributed by atoms with Gasteiger partial charge in [0.2, 0.25) is 15.8 Å². The lowest BCUT2D eigenvalue weighted by molar-refractivity contribution is -0.147. The molecule has 0 saturated heterocycles. The molecule has 0 spiro atoms. The van der Waals surface area contributed by atoms with Gasteiger partial charge in [-0.2, -0.15) is 4.31 Å². The molecule has 3 heterocycles. The summed E-state index contributed by atoms with van der Waals surface area (Å²) < 4.78 is 33.0. The molecule has 0 fully saturated rings. The van der Waals surface area contributed by atoms with Crippen LogP contribution < -0.4 is 0 Å². The normalized spacial score (nSPS) is 16.5. The third-order valence-corrected chi connectivity index (χ3v) is 7.58. The number of hydrogen-bond donors (Lipinski definition) is 0. The number of ether oxygens (including phenoxy) is 1. The van der Waals surface area contributed by atoms with Crippen LogP contribution in [0.1, 0.15) is 32.9 Å². The summed E-state index contributed by atoms with van der Waals surface area (Å²) >= 11 is 1.46. The van der Waals surface area contributed by atoms with Crippen LogP contribution in [0.2, 0.25) is 0 Å². The largest absolute Gasteiger partial charge is 0.456 e. The minimum absolute atomic E-state index is 0.0949. The van der Waals surface area contributed by atoms with Crippen LogP contribution >= 0.6 is 11.3 Å². The zero-order chi connectivity index (χ0) is 23.0. The van der Waals surface area contributed by atoms with Gasteiger partial charge >= 0.3 is 5.97 Å². The summed E-state index contributed by atoms with van der Waals surface area (Å²) in [5.74, 6) is -1.08. The molecule has 8 nitrogen and oxygen atoms in total. The van der Waals surface area contributed by atoms with E-state index in [-0.39, 0.29) is 18.7 Å². The molecule has 10 heteroatoms. The van der Waals surface area contributed by atoms with Gasteiger partial charge in [-0.05, 0) is 31.0 Å². The fraction of sp³-hybridized carbons (Fsp3) is 0.318. The molecule has 0 aliphatic carbocycles. The fourth-order valence-corrected chi connectivity index (χ4v) is 5.77. The van der Waals surface area contributed by atoms with Crippen molar-refractivity contribution in [3.05, 3.63) is 70.0 Å². The second-order valence-corrected chi connectivity index (χ2v) is 10.6. The highest BCUT2D eigenvalue weighted by Crippen LogP contribution is 2.27. The summed E-state index contributed by atoms with van der Waals surface area (Å²) in [5, 5.41) is 2.61. The predicted octanol–water partition coefficient (Wildman–Crippen LogP) is 2.66. The van der Waals surface area contributed by atoms with Gasteiger partial charge in [0.1, 0.15) is 6.04 Å². The molecule has 1 aliphatic rings. The number of ketones is 1. The van der Waals surface area contributed by atoms with Crippen molar-refractivity contribution >= 4 is 33.1 Å². The maximum Gasteiger partial charge on any atom is 0.325 e. The first kappa shape index (κ1) is 22.4. The molecule has 0 bridgehead atoms. The second-order valence-electron chi connectivity index (χ2n) is 7.76. The molecule has 168 valence electrons. The third kappa shape index (κ3) is 4.25. The highest BCUT2D eigenvalue weighted by molar-refractivity contribution is 7.88. The van der Waals surface area contributed by atoms with Crippen molar-refractivity contribution in [3.8, 4) is 5.13 Å². The van der Waals surface area contributed by atoms with Crippen LogP contribution in [0.5, 0.6) is 0 Å². The topological polar surface area (TPSA) is 98.6 Å². The maximum atomic E-state index is 12.9. The Morgan fingerprint density at radius 1 is 1.22 bits per heavy atom. The van der Waals surface area contributed by atoms with Gasteiger partial charge in [0.25, 0.3) is 0 Å². The van der Waals surface area contributed by atoms with Gasteiger partial charge in [-0.15, -0.1) is 11.3 Å². The Hall–Kier alpha value is -2.82. The van der Waals surface area contributed by atoms with Gasteiger partial charge in [-0.3, -0.25) is 14.2 Å². The summed E-state index contributed by atoms with van der Waals surface area (Å²) in [4.78, 5) is 30.0. The Kier molecular flexibility index (Phi) is 6.02. The Labute approximate surface area is 190 Å². The number of carbonyl (C=O) groups is 2. The molecule has 0 radical (unpaired) electrons. The SMILES string of the molecule is Cc1cc(C(=O)COC(=O)[C@H]2Cc3ccccc3CN2S(C)(=O)=O)c(C)n1-c1nccs1. The van der Waals surface area contributed by atoms with Crippen molar-refractivity contribution in [2.75, 3.05) is 12.9 Å². The average Bonchev–Trinajstić information content (AvgIpc) is 3.37. The number of sulfonamides is 1. The van der Waals surface area contributed by atoms with Crippen molar-refractivity contribution in [1.29, 1.82) is 0 Å². The van der Waals surface area contributed by atoms with Gasteiger partial charge in [0, 0.05) is 41.5 Å². The van der Waals surface area contributed by atoms with E-state index in [4.69, 9.17) is 4.74 Å². The first-order valence-corrected chi connectivity index (χ1v) is 12.7. The Morgan fingerprint density at radius 2 is 1.94 bits per heavy atom. The predicted molar refractivity (Wildman–Crippen MR) is 121 cm³/mol. The lowest BCUT2D eigenvalue weighted by Gasteiger charge is -2.33. The number of fused-ring (bicyclic) bond motifs is 1. The van der Waals surface area contributed by atoms with Crippen LogP contribution in [0.15, 0.2) is 41.9 Å². The van der Waals surface area contributed by atoms with Crippen molar-refractivity contribution in [2.45, 2.75) is 32.9 Å². The Morgan fingerprint density at radius 3 is 2.59 bits per heavy atom. The Balaban J connectivity index is 1.51. The number of hydrogen-bond acceptors (Lipinski definition) is 7. The zero-order valence-electron chi connectivity index (χ0n) is 17.9. The second kappa shape index (κ2) is 8.61. The number of aryl methyl sites for hydroxylation is 1. The van der Waals surface area contributed by atoms with E-state index in [9.17, 15) is 18.0 Å². The van der Waals surface area contributed by atoms with E-state index in [1.54, 1.807) is 12.3 Å². The van der Waals surface area contributed by atoms with E-state index in [1.165, 1.54) is 11.3 Å². The number of rotatable bonds is 6. The molecule has 3 aromatic rings. The number of nitrogens with zero attached hydrogens (tertiary/aromatic N) is 3. The van der Waals surface area contributed by atoms with Crippen LogP contribution in [-0.4, -0.2) is 52.9 Å². The maximum absolute atomic E-state index is 12.9. The summed E-state index contributed by atoms with van der Waals surface area (Å²) in [6.45, 7) is 3.32.